The van der Waals surface area contributed by atoms with Crippen LogP contribution in [-0.2, 0) is 24.5 Å². The molecular formula is C20H25F2NO4. The number of benzene rings is 1. The summed E-state index contributed by atoms with van der Waals surface area (Å²) in [7, 11) is 0. The summed E-state index contributed by atoms with van der Waals surface area (Å²) in [5, 5.41) is 9.74. The van der Waals surface area contributed by atoms with Crippen molar-refractivity contribution in [2.24, 2.45) is 0 Å². The zero-order chi connectivity index (χ0) is 20.3. The van der Waals surface area contributed by atoms with Crippen molar-refractivity contribution in [1.29, 1.82) is 5.26 Å². The SMILES string of the molecule is CCCCOC(=O)CC(C#N)(CC(=O)OCCCC)c1ccc(F)cc1F. The van der Waals surface area contributed by atoms with Gasteiger partial charge in [0.25, 0.3) is 0 Å². The average molecular weight is 381 g/mol. The molecule has 0 N–H and O–H groups in total. The number of carbonyl (C=O) groups is 2. The van der Waals surface area contributed by atoms with Crippen LogP contribution in [0.5, 0.6) is 0 Å². The Morgan fingerprint density at radius 3 is 1.96 bits per heavy atom. The van der Waals surface area contributed by atoms with Crippen LogP contribution in [0.3, 0.4) is 0 Å². The number of rotatable bonds is 11. The predicted octanol–water partition coefficient (Wildman–Crippen LogP) is 4.19. The van der Waals surface area contributed by atoms with Crippen LogP contribution in [0.25, 0.3) is 0 Å². The Balaban J connectivity index is 3.10. The van der Waals surface area contributed by atoms with Crippen molar-refractivity contribution in [2.75, 3.05) is 13.2 Å². The topological polar surface area (TPSA) is 76.4 Å². The molecule has 0 aliphatic carbocycles. The van der Waals surface area contributed by atoms with Gasteiger partial charge in [-0.15, -0.1) is 0 Å². The van der Waals surface area contributed by atoms with Crippen molar-refractivity contribution in [2.45, 2.75) is 57.8 Å². The van der Waals surface area contributed by atoms with Gasteiger partial charge >= 0.3 is 11.9 Å². The molecule has 0 fully saturated rings. The van der Waals surface area contributed by atoms with E-state index < -0.39 is 41.8 Å². The molecule has 0 saturated heterocycles. The number of nitriles is 1. The van der Waals surface area contributed by atoms with Crippen molar-refractivity contribution in [3.05, 3.63) is 35.4 Å². The minimum atomic E-state index is -1.83. The van der Waals surface area contributed by atoms with Gasteiger partial charge in [-0.05, 0) is 18.9 Å². The molecule has 0 aliphatic rings. The van der Waals surface area contributed by atoms with Gasteiger partial charge in [-0.1, -0.05) is 32.8 Å². The molecule has 1 rings (SSSR count). The Morgan fingerprint density at radius 1 is 1.04 bits per heavy atom. The molecule has 0 saturated carbocycles. The summed E-state index contributed by atoms with van der Waals surface area (Å²) in [6.07, 6.45) is 1.86. The number of unbranched alkanes of at least 4 members (excludes halogenated alkanes) is 2. The minimum absolute atomic E-state index is 0.170. The van der Waals surface area contributed by atoms with E-state index >= 15 is 0 Å². The van der Waals surface area contributed by atoms with Gasteiger partial charge in [0.05, 0.1) is 32.1 Å². The lowest BCUT2D eigenvalue weighted by Gasteiger charge is -2.26. The lowest BCUT2D eigenvalue weighted by Crippen LogP contribution is -2.33. The maximum absolute atomic E-state index is 14.4. The van der Waals surface area contributed by atoms with Crippen LogP contribution in [0, 0.1) is 23.0 Å². The van der Waals surface area contributed by atoms with Gasteiger partial charge in [0, 0.05) is 11.6 Å². The highest BCUT2D eigenvalue weighted by Gasteiger charge is 2.41. The largest absolute Gasteiger partial charge is 0.466 e. The number of carbonyl (C=O) groups excluding carboxylic acids is 2. The first kappa shape index (κ1) is 22.6. The first-order chi connectivity index (χ1) is 12.9. The fourth-order valence-corrected chi connectivity index (χ4v) is 2.53. The van der Waals surface area contributed by atoms with Crippen molar-refractivity contribution in [3.63, 3.8) is 0 Å². The zero-order valence-electron chi connectivity index (χ0n) is 15.7. The van der Waals surface area contributed by atoms with Gasteiger partial charge in [-0.25, -0.2) is 8.78 Å². The minimum Gasteiger partial charge on any atom is -0.466 e. The summed E-state index contributed by atoms with van der Waals surface area (Å²) in [5.41, 5.74) is -2.06. The molecule has 27 heavy (non-hydrogen) atoms. The Morgan fingerprint density at radius 2 is 1.56 bits per heavy atom. The molecular weight excluding hydrogens is 356 g/mol. The number of ether oxygens (including phenoxy) is 2. The lowest BCUT2D eigenvalue weighted by molar-refractivity contribution is -0.147. The molecule has 7 heteroatoms. The van der Waals surface area contributed by atoms with Gasteiger partial charge in [-0.3, -0.25) is 9.59 Å². The normalized spacial score (nSPS) is 10.9. The maximum Gasteiger partial charge on any atom is 0.307 e. The van der Waals surface area contributed by atoms with Gasteiger partial charge in [0.2, 0.25) is 0 Å². The second kappa shape index (κ2) is 11.3. The summed E-state index contributed by atoms with van der Waals surface area (Å²) >= 11 is 0. The van der Waals surface area contributed by atoms with E-state index in [9.17, 15) is 23.6 Å². The van der Waals surface area contributed by atoms with E-state index in [0.717, 1.165) is 25.0 Å². The molecule has 0 aliphatic heterocycles. The zero-order valence-corrected chi connectivity index (χ0v) is 15.7. The first-order valence-electron chi connectivity index (χ1n) is 9.06. The van der Waals surface area contributed by atoms with Crippen LogP contribution in [0.15, 0.2) is 18.2 Å². The van der Waals surface area contributed by atoms with Crippen molar-refractivity contribution in [1.82, 2.24) is 0 Å². The second-order valence-corrected chi connectivity index (χ2v) is 6.32. The highest BCUT2D eigenvalue weighted by molar-refractivity contribution is 5.77. The molecule has 0 bridgehead atoms. The molecule has 0 radical (unpaired) electrons. The molecule has 1 aromatic carbocycles. The van der Waals surface area contributed by atoms with E-state index in [4.69, 9.17) is 9.47 Å². The first-order valence-corrected chi connectivity index (χ1v) is 9.06. The third-order valence-corrected chi connectivity index (χ3v) is 4.07. The smallest absolute Gasteiger partial charge is 0.307 e. The summed E-state index contributed by atoms with van der Waals surface area (Å²) in [4.78, 5) is 24.3. The molecule has 0 unspecified atom stereocenters. The highest BCUT2D eigenvalue weighted by atomic mass is 19.1. The summed E-state index contributed by atoms with van der Waals surface area (Å²) in [6.45, 7) is 4.19. The third kappa shape index (κ3) is 6.97. The van der Waals surface area contributed by atoms with Crippen molar-refractivity contribution >= 4 is 11.9 Å². The molecule has 0 spiro atoms. The Hall–Kier alpha value is -2.49. The monoisotopic (exact) mass is 381 g/mol. The number of hydrogen-bond acceptors (Lipinski definition) is 5. The Bertz CT molecular complexity index is 661. The van der Waals surface area contributed by atoms with E-state index in [1.54, 1.807) is 0 Å². The number of esters is 2. The Labute approximate surface area is 158 Å². The Kier molecular flexibility index (Phi) is 9.41. The molecule has 5 nitrogen and oxygen atoms in total. The fraction of sp³-hybridized carbons (Fsp3) is 0.550. The van der Waals surface area contributed by atoms with Crippen LogP contribution in [0.1, 0.15) is 57.9 Å². The van der Waals surface area contributed by atoms with Gasteiger partial charge in [0.1, 0.15) is 17.0 Å². The number of nitrogens with zero attached hydrogens (tertiary/aromatic N) is 1. The summed E-state index contributed by atoms with van der Waals surface area (Å²) < 4.78 is 37.8. The maximum atomic E-state index is 14.4. The standard InChI is InChI=1S/C20H25F2NO4/c1-3-5-9-26-18(24)12-20(14-23,13-19(25)27-10-6-4-2)16-8-7-15(21)11-17(16)22/h7-8,11H,3-6,9-10,12-13H2,1-2H3. The van der Waals surface area contributed by atoms with Crippen LogP contribution in [0.4, 0.5) is 8.78 Å². The van der Waals surface area contributed by atoms with Gasteiger partial charge in [0.15, 0.2) is 0 Å². The van der Waals surface area contributed by atoms with Crippen molar-refractivity contribution < 1.29 is 27.8 Å². The van der Waals surface area contributed by atoms with E-state index in [2.05, 4.69) is 0 Å². The second-order valence-electron chi connectivity index (χ2n) is 6.32. The number of halogens is 2. The average Bonchev–Trinajstić information content (AvgIpc) is 2.61. The van der Waals surface area contributed by atoms with E-state index in [0.29, 0.717) is 18.9 Å². The fourth-order valence-electron chi connectivity index (χ4n) is 2.53. The van der Waals surface area contributed by atoms with Crippen LogP contribution < -0.4 is 0 Å². The third-order valence-electron chi connectivity index (χ3n) is 4.07. The lowest BCUT2D eigenvalue weighted by atomic mass is 9.76. The van der Waals surface area contributed by atoms with E-state index in [1.165, 1.54) is 0 Å². The predicted molar refractivity (Wildman–Crippen MR) is 94.6 cm³/mol. The van der Waals surface area contributed by atoms with Crippen LogP contribution >= 0.6 is 0 Å². The quantitative estimate of drug-likeness (QED) is 0.424. The molecule has 148 valence electrons. The van der Waals surface area contributed by atoms with Crippen LogP contribution in [-0.4, -0.2) is 25.2 Å². The summed E-state index contributed by atoms with van der Waals surface area (Å²) in [6, 6.07) is 4.55. The molecule has 0 amide bonds. The van der Waals surface area contributed by atoms with Gasteiger partial charge < -0.3 is 9.47 Å². The molecule has 0 aromatic heterocycles. The molecule has 0 heterocycles. The van der Waals surface area contributed by atoms with Crippen LogP contribution in [0.2, 0.25) is 0 Å². The van der Waals surface area contributed by atoms with E-state index in [-0.39, 0.29) is 18.8 Å². The van der Waals surface area contributed by atoms with Gasteiger partial charge in [-0.2, -0.15) is 5.26 Å². The molecule has 0 atom stereocenters. The number of hydrogen-bond donors (Lipinski definition) is 0. The summed E-state index contributed by atoms with van der Waals surface area (Å²) in [5.74, 6) is -3.27. The molecule has 1 aromatic rings. The van der Waals surface area contributed by atoms with E-state index in [1.807, 2.05) is 19.9 Å². The highest BCUT2D eigenvalue weighted by Crippen LogP contribution is 2.34. The van der Waals surface area contributed by atoms with Crippen molar-refractivity contribution in [3.8, 4) is 6.07 Å².